The van der Waals surface area contributed by atoms with Crippen LogP contribution in [-0.2, 0) is 0 Å². The van der Waals surface area contributed by atoms with Crippen molar-refractivity contribution in [2.45, 2.75) is 32.1 Å². The number of rotatable bonds is 3. The maximum absolute atomic E-state index is 8.44. The van der Waals surface area contributed by atoms with Gasteiger partial charge in [0.15, 0.2) is 0 Å². The van der Waals surface area contributed by atoms with Crippen molar-refractivity contribution >= 4 is 17.7 Å². The third kappa shape index (κ3) is 3.74. The summed E-state index contributed by atoms with van der Waals surface area (Å²) in [5.41, 5.74) is 4.02. The number of hydrogen-bond acceptors (Lipinski definition) is 3. The van der Waals surface area contributed by atoms with E-state index in [9.17, 15) is 0 Å². The van der Waals surface area contributed by atoms with Crippen LogP contribution in [0.5, 0.6) is 0 Å². The van der Waals surface area contributed by atoms with Crippen LogP contribution in [0.2, 0.25) is 0 Å². The second-order valence-electron chi connectivity index (χ2n) is 4.66. The smallest absolute Gasteiger partial charge is 0.113 e. The first-order valence-electron chi connectivity index (χ1n) is 6.67. The summed E-state index contributed by atoms with van der Waals surface area (Å²) in [7, 11) is 0. The molecule has 0 amide bonds. The lowest BCUT2D eigenvalue weighted by atomic mass is 10.1. The average Bonchev–Trinajstić information content (AvgIpc) is 2.37. The monoisotopic (exact) mass is 247 g/mol. The molecule has 18 heavy (non-hydrogen) atoms. The molecule has 1 heterocycles. The summed E-state index contributed by atoms with van der Waals surface area (Å²) in [6.45, 7) is 2.31. The van der Waals surface area contributed by atoms with Crippen LogP contribution in [0.15, 0.2) is 29.3 Å². The summed E-state index contributed by atoms with van der Waals surface area (Å²) in [5.74, 6) is 0. The Morgan fingerprint density at radius 3 is 2.22 bits per heavy atom. The predicted octanol–water partition coefficient (Wildman–Crippen LogP) is 3.10. The van der Waals surface area contributed by atoms with Gasteiger partial charge in [-0.25, -0.2) is 4.99 Å². The fourth-order valence-corrected chi connectivity index (χ4v) is 2.36. The summed E-state index contributed by atoms with van der Waals surface area (Å²) in [6.07, 6.45) is 7.92. The predicted molar refractivity (Wildman–Crippen MR) is 74.8 cm³/mol. The highest BCUT2D eigenvalue weighted by Crippen LogP contribution is 2.22. The molecule has 1 aromatic carbocycles. The lowest BCUT2D eigenvalue weighted by molar-refractivity contribution is 0.240. The third-order valence-corrected chi connectivity index (χ3v) is 3.34. The fourth-order valence-electron chi connectivity index (χ4n) is 2.36. The zero-order valence-electron chi connectivity index (χ0n) is 10.7. The van der Waals surface area contributed by atoms with E-state index in [0.717, 1.165) is 18.8 Å². The van der Waals surface area contributed by atoms with Crippen molar-refractivity contribution in [1.82, 2.24) is 5.48 Å². The third-order valence-electron chi connectivity index (χ3n) is 3.34. The number of hydrogen-bond donors (Lipinski definition) is 2. The molecule has 1 fully saturated rings. The molecule has 0 aliphatic carbocycles. The molecular formula is C14H21N3O. The van der Waals surface area contributed by atoms with Gasteiger partial charge in [0.1, 0.15) is 6.34 Å². The molecule has 1 saturated heterocycles. The molecule has 98 valence electrons. The van der Waals surface area contributed by atoms with E-state index in [1.165, 1.54) is 44.1 Å². The minimum Gasteiger partial charge on any atom is -0.372 e. The van der Waals surface area contributed by atoms with Gasteiger partial charge in [0.05, 0.1) is 5.69 Å². The minimum atomic E-state index is 0.840. The molecule has 1 aliphatic rings. The van der Waals surface area contributed by atoms with Gasteiger partial charge in [0.25, 0.3) is 0 Å². The van der Waals surface area contributed by atoms with Crippen molar-refractivity contribution in [3.8, 4) is 0 Å². The fraction of sp³-hybridized carbons (Fsp3) is 0.500. The molecule has 0 spiro atoms. The standard InChI is InChI=1S/C14H21N3O/c18-16-12-15-13-6-8-14(9-7-13)17-10-4-2-1-3-5-11-17/h6-9,12,18H,1-5,10-11H2,(H,15,16). The molecule has 0 bridgehead atoms. The normalized spacial score (nSPS) is 17.5. The van der Waals surface area contributed by atoms with Gasteiger partial charge >= 0.3 is 0 Å². The van der Waals surface area contributed by atoms with Crippen LogP contribution in [0.4, 0.5) is 11.4 Å². The molecule has 0 aromatic heterocycles. The molecule has 1 aliphatic heterocycles. The van der Waals surface area contributed by atoms with E-state index in [4.69, 9.17) is 5.21 Å². The van der Waals surface area contributed by atoms with Gasteiger partial charge in [0, 0.05) is 18.8 Å². The van der Waals surface area contributed by atoms with Crippen molar-refractivity contribution in [2.75, 3.05) is 18.0 Å². The van der Waals surface area contributed by atoms with E-state index < -0.39 is 0 Å². The summed E-state index contributed by atoms with van der Waals surface area (Å²) in [6, 6.07) is 8.15. The Morgan fingerprint density at radius 1 is 1.00 bits per heavy atom. The van der Waals surface area contributed by atoms with Gasteiger partial charge < -0.3 is 4.90 Å². The first-order chi connectivity index (χ1) is 8.90. The van der Waals surface area contributed by atoms with E-state index >= 15 is 0 Å². The van der Waals surface area contributed by atoms with Gasteiger partial charge in [-0.2, -0.15) is 0 Å². The Labute approximate surface area is 108 Å². The lowest BCUT2D eigenvalue weighted by Crippen LogP contribution is -2.26. The molecular weight excluding hydrogens is 226 g/mol. The zero-order valence-corrected chi connectivity index (χ0v) is 10.7. The van der Waals surface area contributed by atoms with Crippen molar-refractivity contribution < 1.29 is 5.21 Å². The second kappa shape index (κ2) is 7.01. The molecule has 4 heteroatoms. The van der Waals surface area contributed by atoms with Crippen molar-refractivity contribution in [2.24, 2.45) is 4.99 Å². The van der Waals surface area contributed by atoms with Crippen LogP contribution in [0, 0.1) is 0 Å². The van der Waals surface area contributed by atoms with E-state index in [-0.39, 0.29) is 0 Å². The van der Waals surface area contributed by atoms with Gasteiger partial charge in [-0.1, -0.05) is 19.3 Å². The van der Waals surface area contributed by atoms with Crippen molar-refractivity contribution in [1.29, 1.82) is 0 Å². The molecule has 0 unspecified atom stereocenters. The number of nitrogens with zero attached hydrogens (tertiary/aromatic N) is 2. The van der Waals surface area contributed by atoms with Gasteiger partial charge in [-0.15, -0.1) is 0 Å². The Kier molecular flexibility index (Phi) is 5.02. The van der Waals surface area contributed by atoms with Crippen LogP contribution in [-0.4, -0.2) is 24.6 Å². The van der Waals surface area contributed by atoms with Crippen LogP contribution < -0.4 is 10.4 Å². The summed E-state index contributed by atoms with van der Waals surface area (Å²) in [4.78, 5) is 6.50. The van der Waals surface area contributed by atoms with E-state index in [0.29, 0.717) is 0 Å². The lowest BCUT2D eigenvalue weighted by Gasteiger charge is -2.26. The number of nitrogens with one attached hydrogen (secondary N) is 1. The highest BCUT2D eigenvalue weighted by Gasteiger charge is 2.08. The molecule has 0 radical (unpaired) electrons. The summed E-state index contributed by atoms with van der Waals surface area (Å²) in [5, 5.41) is 8.44. The maximum Gasteiger partial charge on any atom is 0.113 e. The number of aliphatic imine (C=N–C) groups is 1. The number of benzene rings is 1. The van der Waals surface area contributed by atoms with Crippen molar-refractivity contribution in [3.05, 3.63) is 24.3 Å². The average molecular weight is 247 g/mol. The SMILES string of the molecule is ONC=Nc1ccc(N2CCCCCCC2)cc1. The Bertz CT molecular complexity index is 367. The quantitative estimate of drug-likeness (QED) is 0.490. The highest BCUT2D eigenvalue weighted by atomic mass is 16.5. The van der Waals surface area contributed by atoms with Crippen LogP contribution >= 0.6 is 0 Å². The second-order valence-corrected chi connectivity index (χ2v) is 4.66. The maximum atomic E-state index is 8.44. The molecule has 2 rings (SSSR count). The number of anilines is 1. The Hall–Kier alpha value is -1.55. The van der Waals surface area contributed by atoms with Gasteiger partial charge in [-0.3, -0.25) is 10.7 Å². The Morgan fingerprint density at radius 2 is 1.61 bits per heavy atom. The summed E-state index contributed by atoms with van der Waals surface area (Å²) < 4.78 is 0. The van der Waals surface area contributed by atoms with E-state index in [1.807, 2.05) is 17.6 Å². The Balaban J connectivity index is 2.00. The summed E-state index contributed by atoms with van der Waals surface area (Å²) >= 11 is 0. The first kappa shape index (κ1) is 12.9. The van der Waals surface area contributed by atoms with Crippen LogP contribution in [0.3, 0.4) is 0 Å². The first-order valence-corrected chi connectivity index (χ1v) is 6.67. The number of hydroxylamine groups is 1. The highest BCUT2D eigenvalue weighted by molar-refractivity contribution is 5.61. The molecule has 0 atom stereocenters. The molecule has 1 aromatic rings. The van der Waals surface area contributed by atoms with E-state index in [2.05, 4.69) is 22.0 Å². The minimum absolute atomic E-state index is 0.840. The zero-order chi connectivity index (χ0) is 12.6. The van der Waals surface area contributed by atoms with Crippen molar-refractivity contribution in [3.63, 3.8) is 0 Å². The van der Waals surface area contributed by atoms with E-state index in [1.54, 1.807) is 0 Å². The topological polar surface area (TPSA) is 47.9 Å². The van der Waals surface area contributed by atoms with Gasteiger partial charge in [-0.05, 0) is 37.1 Å². The molecule has 2 N–H and O–H groups in total. The molecule has 0 saturated carbocycles. The van der Waals surface area contributed by atoms with Crippen LogP contribution in [0.25, 0.3) is 0 Å². The van der Waals surface area contributed by atoms with Gasteiger partial charge in [0.2, 0.25) is 0 Å². The molecule has 4 nitrogen and oxygen atoms in total. The largest absolute Gasteiger partial charge is 0.372 e. The van der Waals surface area contributed by atoms with Crippen LogP contribution in [0.1, 0.15) is 32.1 Å².